The van der Waals surface area contributed by atoms with E-state index in [9.17, 15) is 0 Å². The Hall–Kier alpha value is -1.01. The number of benzene rings is 1. The first-order chi connectivity index (χ1) is 7.68. The Labute approximate surface area is 103 Å². The summed E-state index contributed by atoms with van der Waals surface area (Å²) < 4.78 is 1.37. The van der Waals surface area contributed by atoms with Gasteiger partial charge in [0.05, 0.1) is 0 Å². The maximum atomic E-state index is 6.04. The van der Waals surface area contributed by atoms with Gasteiger partial charge in [0.25, 0.3) is 0 Å². The van der Waals surface area contributed by atoms with Crippen LogP contribution in [-0.2, 0) is 0 Å². The van der Waals surface area contributed by atoms with Gasteiger partial charge in [-0.1, -0.05) is 0 Å². The van der Waals surface area contributed by atoms with E-state index >= 15 is 0 Å². The summed E-state index contributed by atoms with van der Waals surface area (Å²) in [5.74, 6) is 0.756. The van der Waals surface area contributed by atoms with Crippen molar-refractivity contribution >= 4 is 36.7 Å². The Balaban J connectivity index is 2.44. The van der Waals surface area contributed by atoms with Gasteiger partial charge in [-0.2, -0.15) is 0 Å². The third kappa shape index (κ3) is 2.38. The normalized spacial score (nSPS) is 11.9. The van der Waals surface area contributed by atoms with Crippen molar-refractivity contribution in [2.24, 2.45) is 5.92 Å². The van der Waals surface area contributed by atoms with Gasteiger partial charge in [0, 0.05) is 0 Å². The van der Waals surface area contributed by atoms with Crippen LogP contribution in [0.4, 0.5) is 5.69 Å². The summed E-state index contributed by atoms with van der Waals surface area (Å²) in [6.07, 6.45) is 1.81. The number of fused-ring (bicyclic) bond motifs is 1. The number of anilines is 1. The molecule has 0 amide bonds. The van der Waals surface area contributed by atoms with Crippen LogP contribution < -0.4 is 10.1 Å². The molecule has 0 radical (unpaired) electrons. The van der Waals surface area contributed by atoms with Crippen LogP contribution in [-0.4, -0.2) is 20.7 Å². The van der Waals surface area contributed by atoms with Gasteiger partial charge < -0.3 is 0 Å². The third-order valence-corrected chi connectivity index (χ3v) is 6.55. The van der Waals surface area contributed by atoms with E-state index in [1.165, 1.54) is 14.9 Å². The Morgan fingerprint density at radius 3 is 2.81 bits per heavy atom. The number of hydrogen-bond acceptors (Lipinski definition) is 2. The molecule has 2 rings (SSSR count). The van der Waals surface area contributed by atoms with Crippen LogP contribution >= 0.6 is 0 Å². The van der Waals surface area contributed by atoms with E-state index in [1.54, 1.807) is 0 Å². The Kier molecular flexibility index (Phi) is 3.50. The first kappa shape index (κ1) is 11.5. The fourth-order valence-corrected chi connectivity index (χ4v) is 4.35. The minimum atomic E-state index is -0.144. The molecule has 2 N–H and O–H groups in total. The van der Waals surface area contributed by atoms with Gasteiger partial charge in [-0.15, -0.1) is 0 Å². The molecule has 0 aliphatic rings. The number of nitrogens with zero attached hydrogens (tertiary/aromatic N) is 1. The van der Waals surface area contributed by atoms with Crippen molar-refractivity contribution in [3.63, 3.8) is 0 Å². The van der Waals surface area contributed by atoms with E-state index in [0.717, 1.165) is 17.1 Å². The molecule has 1 heterocycles. The zero-order valence-electron chi connectivity index (χ0n) is 9.70. The molecule has 2 nitrogen and oxygen atoms in total. The molecule has 1 unspecified atom stereocenters. The number of para-hydroxylation sites is 1. The van der Waals surface area contributed by atoms with E-state index in [0.29, 0.717) is 0 Å². The van der Waals surface area contributed by atoms with Crippen molar-refractivity contribution in [3.8, 4) is 0 Å². The molecule has 1 aromatic carbocycles. The standard InChI is InChI=1S/C13H17AsN2/c1-9(2)7-14-13-10-5-3-4-6-12(10)16-8-11(13)15/h3-6,8-9,14H,7,15H2,1-2H3. The molecule has 0 aliphatic carbocycles. The van der Waals surface area contributed by atoms with Crippen LogP contribution in [0.5, 0.6) is 0 Å². The van der Waals surface area contributed by atoms with Crippen molar-refractivity contribution in [1.82, 2.24) is 4.98 Å². The molecule has 2 aromatic rings. The fraction of sp³-hybridized carbons (Fsp3) is 0.308. The van der Waals surface area contributed by atoms with E-state index in [1.807, 2.05) is 12.3 Å². The summed E-state index contributed by atoms with van der Waals surface area (Å²) in [7, 11) is 0. The van der Waals surface area contributed by atoms with Crippen molar-refractivity contribution in [3.05, 3.63) is 30.5 Å². The van der Waals surface area contributed by atoms with Gasteiger partial charge in [-0.3, -0.25) is 0 Å². The molecule has 3 heteroatoms. The Bertz CT molecular complexity index is 494. The first-order valence-electron chi connectivity index (χ1n) is 5.55. The van der Waals surface area contributed by atoms with Crippen LogP contribution in [0.15, 0.2) is 30.5 Å². The molecule has 0 spiro atoms. The summed E-state index contributed by atoms with van der Waals surface area (Å²) in [6, 6.07) is 8.28. The van der Waals surface area contributed by atoms with Crippen molar-refractivity contribution < 1.29 is 0 Å². The molecule has 84 valence electrons. The Morgan fingerprint density at radius 2 is 2.06 bits per heavy atom. The van der Waals surface area contributed by atoms with Crippen LogP contribution in [0.1, 0.15) is 13.8 Å². The number of nitrogens with two attached hydrogens (primary N) is 1. The van der Waals surface area contributed by atoms with Crippen LogP contribution in [0.25, 0.3) is 10.9 Å². The van der Waals surface area contributed by atoms with Gasteiger partial charge >= 0.3 is 103 Å². The number of aromatic nitrogens is 1. The molecule has 0 bridgehead atoms. The van der Waals surface area contributed by atoms with E-state index in [-0.39, 0.29) is 15.8 Å². The van der Waals surface area contributed by atoms with E-state index in [4.69, 9.17) is 5.73 Å². The number of hydrogen-bond donors (Lipinski definition) is 1. The second-order valence-corrected chi connectivity index (χ2v) is 7.03. The molecule has 1 aromatic heterocycles. The number of rotatable bonds is 3. The van der Waals surface area contributed by atoms with Gasteiger partial charge in [0.2, 0.25) is 0 Å². The van der Waals surface area contributed by atoms with Crippen LogP contribution in [0.3, 0.4) is 0 Å². The zero-order chi connectivity index (χ0) is 11.5. The molecule has 0 aliphatic heterocycles. The molecule has 1 atom stereocenters. The average Bonchev–Trinajstić information content (AvgIpc) is 2.27. The molecular weight excluding hydrogens is 259 g/mol. The van der Waals surface area contributed by atoms with Gasteiger partial charge in [-0.05, 0) is 0 Å². The van der Waals surface area contributed by atoms with Crippen LogP contribution in [0.2, 0.25) is 5.21 Å². The van der Waals surface area contributed by atoms with Crippen molar-refractivity contribution in [2.45, 2.75) is 19.1 Å². The summed E-state index contributed by atoms with van der Waals surface area (Å²) in [5, 5.41) is 2.54. The van der Waals surface area contributed by atoms with Crippen LogP contribution in [0, 0.1) is 5.92 Å². The van der Waals surface area contributed by atoms with Gasteiger partial charge in [0.15, 0.2) is 0 Å². The zero-order valence-corrected chi connectivity index (χ0v) is 11.8. The summed E-state index contributed by atoms with van der Waals surface area (Å²) >= 11 is -0.144. The summed E-state index contributed by atoms with van der Waals surface area (Å²) in [6.45, 7) is 4.53. The fourth-order valence-electron chi connectivity index (χ4n) is 1.66. The second-order valence-electron chi connectivity index (χ2n) is 4.38. The molecule has 0 saturated carbocycles. The van der Waals surface area contributed by atoms with E-state index < -0.39 is 0 Å². The number of nitrogen functional groups attached to an aromatic ring is 1. The monoisotopic (exact) mass is 276 g/mol. The summed E-state index contributed by atoms with van der Waals surface area (Å²) in [4.78, 5) is 4.36. The van der Waals surface area contributed by atoms with Crippen molar-refractivity contribution in [2.75, 3.05) is 5.73 Å². The maximum absolute atomic E-state index is 6.04. The Morgan fingerprint density at radius 1 is 1.31 bits per heavy atom. The number of pyridine rings is 1. The summed E-state index contributed by atoms with van der Waals surface area (Å²) in [5.41, 5.74) is 7.98. The topological polar surface area (TPSA) is 38.9 Å². The molecular formula is C13H17AsN2. The molecule has 0 fully saturated rings. The van der Waals surface area contributed by atoms with Gasteiger partial charge in [-0.25, -0.2) is 0 Å². The quantitative estimate of drug-likeness (QED) is 0.870. The SMILES string of the molecule is CC(C)C[AsH]c1c(N)cnc2ccccc12. The third-order valence-electron chi connectivity index (χ3n) is 2.49. The minimum absolute atomic E-state index is 0.144. The predicted octanol–water partition coefficient (Wildman–Crippen LogP) is 1.95. The predicted molar refractivity (Wildman–Crippen MR) is 72.6 cm³/mol. The first-order valence-corrected chi connectivity index (χ1v) is 8.09. The van der Waals surface area contributed by atoms with Crippen molar-refractivity contribution in [1.29, 1.82) is 0 Å². The molecule has 16 heavy (non-hydrogen) atoms. The second kappa shape index (κ2) is 4.88. The average molecular weight is 276 g/mol. The molecule has 0 saturated heterocycles. The van der Waals surface area contributed by atoms with Gasteiger partial charge in [0.1, 0.15) is 0 Å². The van der Waals surface area contributed by atoms with E-state index in [2.05, 4.69) is 37.0 Å².